The second-order valence-corrected chi connectivity index (χ2v) is 7.11. The Morgan fingerprint density at radius 1 is 1.21 bits per heavy atom. The molecule has 0 atom stereocenters. The highest BCUT2D eigenvalue weighted by molar-refractivity contribution is 9.11. The summed E-state index contributed by atoms with van der Waals surface area (Å²) in [5, 5.41) is 5.18. The fourth-order valence-corrected chi connectivity index (χ4v) is 3.17. The molecule has 1 aromatic carbocycles. The molecule has 7 heteroatoms. The van der Waals surface area contributed by atoms with Crippen molar-refractivity contribution >= 4 is 44.7 Å². The van der Waals surface area contributed by atoms with E-state index in [1.165, 1.54) is 12.1 Å². The van der Waals surface area contributed by atoms with Crippen LogP contribution in [0.5, 0.6) is 0 Å². The third kappa shape index (κ3) is 5.08. The van der Waals surface area contributed by atoms with Crippen molar-refractivity contribution in [2.45, 2.75) is 16.9 Å². The molecule has 0 spiro atoms. The van der Waals surface area contributed by atoms with Crippen molar-refractivity contribution in [1.82, 2.24) is 0 Å². The number of hydrogen-bond donors (Lipinski definition) is 1. The number of halogens is 4. The number of benzene rings is 1. The molecule has 0 fully saturated rings. The highest BCUT2D eigenvalue weighted by Crippen LogP contribution is 2.37. The van der Waals surface area contributed by atoms with Crippen molar-refractivity contribution in [3.05, 3.63) is 45.1 Å². The smallest absolute Gasteiger partial charge is 0.381 e. The number of thioether (sulfide) groups is 1. The van der Waals surface area contributed by atoms with Crippen molar-refractivity contribution in [3.63, 3.8) is 0 Å². The van der Waals surface area contributed by atoms with Crippen molar-refractivity contribution in [1.29, 1.82) is 0 Å². The van der Waals surface area contributed by atoms with Crippen LogP contribution in [0.3, 0.4) is 0 Å². The topological polar surface area (TPSA) is 12.0 Å². The summed E-state index contributed by atoms with van der Waals surface area (Å²) in [4.78, 5) is 0.191. The Morgan fingerprint density at radius 2 is 1.89 bits per heavy atom. The molecule has 0 radical (unpaired) electrons. The molecule has 0 bridgehead atoms. The van der Waals surface area contributed by atoms with Gasteiger partial charge in [-0.15, -0.1) is 11.3 Å². The summed E-state index contributed by atoms with van der Waals surface area (Å²) < 4.78 is 37.5. The largest absolute Gasteiger partial charge is 0.446 e. The number of rotatable bonds is 4. The zero-order valence-corrected chi connectivity index (χ0v) is 12.7. The van der Waals surface area contributed by atoms with Crippen molar-refractivity contribution < 1.29 is 13.2 Å². The van der Waals surface area contributed by atoms with E-state index in [1.807, 2.05) is 11.4 Å². The summed E-state index contributed by atoms with van der Waals surface area (Å²) in [6.45, 7) is 0.647. The van der Waals surface area contributed by atoms with E-state index in [4.69, 9.17) is 0 Å². The van der Waals surface area contributed by atoms with Crippen LogP contribution in [0.15, 0.2) is 44.4 Å². The fourth-order valence-electron chi connectivity index (χ4n) is 1.42. The van der Waals surface area contributed by atoms with Crippen LogP contribution >= 0.6 is 39.0 Å². The molecule has 1 nitrogen and oxygen atoms in total. The summed E-state index contributed by atoms with van der Waals surface area (Å²) in [5.41, 5.74) is -2.31. The molecule has 0 amide bonds. The van der Waals surface area contributed by atoms with Gasteiger partial charge in [-0.3, -0.25) is 0 Å². The van der Waals surface area contributed by atoms with Crippen LogP contribution in [0, 0.1) is 0 Å². The monoisotopic (exact) mass is 367 g/mol. The molecule has 2 aromatic rings. The summed E-state index contributed by atoms with van der Waals surface area (Å²) >= 11 is 4.87. The number of thiophene rings is 1. The maximum atomic E-state index is 12.2. The van der Waals surface area contributed by atoms with E-state index in [9.17, 15) is 13.2 Å². The molecule has 0 aliphatic heterocycles. The zero-order valence-electron chi connectivity index (χ0n) is 9.50. The molecule has 1 heterocycles. The highest BCUT2D eigenvalue weighted by atomic mass is 79.9. The number of nitrogens with one attached hydrogen (secondary N) is 1. The maximum Gasteiger partial charge on any atom is 0.446 e. The molecule has 0 aliphatic rings. The summed E-state index contributed by atoms with van der Waals surface area (Å²) in [6, 6.07) is 8.23. The predicted octanol–water partition coefficient (Wildman–Crippen LogP) is 5.73. The molecule has 0 saturated heterocycles. The first-order valence-electron chi connectivity index (χ1n) is 5.25. The van der Waals surface area contributed by atoms with Gasteiger partial charge in [0, 0.05) is 17.1 Å². The predicted molar refractivity (Wildman–Crippen MR) is 77.7 cm³/mol. The number of anilines is 1. The van der Waals surface area contributed by atoms with Gasteiger partial charge < -0.3 is 5.32 Å². The van der Waals surface area contributed by atoms with Crippen LogP contribution in [-0.4, -0.2) is 5.51 Å². The lowest BCUT2D eigenvalue weighted by molar-refractivity contribution is -0.0328. The molecule has 2 rings (SSSR count). The number of alkyl halides is 3. The van der Waals surface area contributed by atoms with Crippen molar-refractivity contribution in [2.24, 2.45) is 0 Å². The van der Waals surface area contributed by atoms with E-state index < -0.39 is 5.51 Å². The third-order valence-electron chi connectivity index (χ3n) is 2.21. The molecule has 1 N–H and O–H groups in total. The lowest BCUT2D eigenvalue weighted by Crippen LogP contribution is -2.00. The average Bonchev–Trinajstić information content (AvgIpc) is 2.72. The summed E-state index contributed by atoms with van der Waals surface area (Å²) in [6.07, 6.45) is 0. The first-order chi connectivity index (χ1) is 8.92. The third-order valence-corrected chi connectivity index (χ3v) is 4.50. The minimum atomic E-state index is -4.24. The van der Waals surface area contributed by atoms with E-state index in [1.54, 1.807) is 23.5 Å². The van der Waals surface area contributed by atoms with Gasteiger partial charge in [0.2, 0.25) is 0 Å². The molecule has 102 valence electrons. The standard InChI is InChI=1S/C12H9BrF3NS2/c13-11-5-8(7-18-11)6-17-9-1-3-10(4-2-9)19-12(14,15)16/h1-5,7,17H,6H2. The Labute approximate surface area is 125 Å². The molecule has 0 saturated carbocycles. The maximum absolute atomic E-state index is 12.2. The van der Waals surface area contributed by atoms with Gasteiger partial charge >= 0.3 is 5.51 Å². The second-order valence-electron chi connectivity index (χ2n) is 3.68. The number of hydrogen-bond acceptors (Lipinski definition) is 3. The molecule has 0 unspecified atom stereocenters. The quantitative estimate of drug-likeness (QED) is 0.692. The summed E-state index contributed by atoms with van der Waals surface area (Å²) in [7, 11) is 0. The fraction of sp³-hybridized carbons (Fsp3) is 0.167. The molecule has 19 heavy (non-hydrogen) atoms. The molecular formula is C12H9BrF3NS2. The Balaban J connectivity index is 1.91. The van der Waals surface area contributed by atoms with Gasteiger partial charge in [0.05, 0.1) is 3.79 Å². The molecular weight excluding hydrogens is 359 g/mol. The Kier molecular flexibility index (Phi) is 4.81. The van der Waals surface area contributed by atoms with Crippen LogP contribution in [0.25, 0.3) is 0 Å². The van der Waals surface area contributed by atoms with E-state index in [2.05, 4.69) is 21.2 Å². The molecule has 0 aliphatic carbocycles. The minimum absolute atomic E-state index is 0.105. The van der Waals surface area contributed by atoms with Gasteiger partial charge in [0.1, 0.15) is 0 Å². The van der Waals surface area contributed by atoms with Gasteiger partial charge in [-0.25, -0.2) is 0 Å². The van der Waals surface area contributed by atoms with Gasteiger partial charge in [0.15, 0.2) is 0 Å². The Morgan fingerprint density at radius 3 is 2.42 bits per heavy atom. The summed E-state index contributed by atoms with van der Waals surface area (Å²) in [5.74, 6) is 0. The van der Waals surface area contributed by atoms with E-state index in [0.717, 1.165) is 15.0 Å². The van der Waals surface area contributed by atoms with Gasteiger partial charge in [-0.1, -0.05) is 0 Å². The van der Waals surface area contributed by atoms with Crippen LogP contribution in [0.2, 0.25) is 0 Å². The van der Waals surface area contributed by atoms with E-state index >= 15 is 0 Å². The average molecular weight is 368 g/mol. The Bertz CT molecular complexity index is 537. The lowest BCUT2D eigenvalue weighted by atomic mass is 10.3. The minimum Gasteiger partial charge on any atom is -0.381 e. The van der Waals surface area contributed by atoms with Crippen LogP contribution in [0.1, 0.15) is 5.56 Å². The zero-order chi connectivity index (χ0) is 13.9. The SMILES string of the molecule is FC(F)(F)Sc1ccc(NCc2csc(Br)c2)cc1. The van der Waals surface area contributed by atoms with E-state index in [0.29, 0.717) is 6.54 Å². The van der Waals surface area contributed by atoms with Crippen LogP contribution in [0.4, 0.5) is 18.9 Å². The lowest BCUT2D eigenvalue weighted by Gasteiger charge is -2.08. The first kappa shape index (κ1) is 14.7. The second kappa shape index (κ2) is 6.19. The van der Waals surface area contributed by atoms with E-state index in [-0.39, 0.29) is 16.7 Å². The van der Waals surface area contributed by atoms with Crippen LogP contribution in [-0.2, 0) is 6.54 Å². The normalized spacial score (nSPS) is 11.6. The van der Waals surface area contributed by atoms with Crippen molar-refractivity contribution in [3.8, 4) is 0 Å². The van der Waals surface area contributed by atoms with Gasteiger partial charge in [-0.05, 0) is 69.0 Å². The first-order valence-corrected chi connectivity index (χ1v) is 7.74. The van der Waals surface area contributed by atoms with Crippen molar-refractivity contribution in [2.75, 3.05) is 5.32 Å². The van der Waals surface area contributed by atoms with Gasteiger partial charge in [0.25, 0.3) is 0 Å². The molecule has 1 aromatic heterocycles. The van der Waals surface area contributed by atoms with Gasteiger partial charge in [-0.2, -0.15) is 13.2 Å². The Hall–Kier alpha value is -0.660. The highest BCUT2D eigenvalue weighted by Gasteiger charge is 2.28. The van der Waals surface area contributed by atoms with Crippen LogP contribution < -0.4 is 5.32 Å².